The van der Waals surface area contributed by atoms with Gasteiger partial charge in [0, 0.05) is 12.8 Å². The smallest absolute Gasteiger partial charge is 0.305 e. The van der Waals surface area contributed by atoms with Crippen LogP contribution in [0.3, 0.4) is 0 Å². The van der Waals surface area contributed by atoms with Gasteiger partial charge in [0.05, 0.1) is 25.4 Å². The fraction of sp³-hybridized carbons (Fsp3) is 0.923. The zero-order valence-corrected chi connectivity index (χ0v) is 57.2. The molecule has 0 saturated carbocycles. The molecule has 0 aromatic heterocycles. The molecule has 6 nitrogen and oxygen atoms in total. The van der Waals surface area contributed by atoms with Gasteiger partial charge in [-0.15, -0.1) is 0 Å². The van der Waals surface area contributed by atoms with E-state index >= 15 is 0 Å². The van der Waals surface area contributed by atoms with E-state index in [1.807, 2.05) is 0 Å². The van der Waals surface area contributed by atoms with Crippen LogP contribution in [0.25, 0.3) is 0 Å². The van der Waals surface area contributed by atoms with Crippen molar-refractivity contribution in [2.24, 2.45) is 0 Å². The lowest BCUT2D eigenvalue weighted by molar-refractivity contribution is -0.143. The lowest BCUT2D eigenvalue weighted by Crippen LogP contribution is -2.45. The first-order chi connectivity index (χ1) is 41.5. The van der Waals surface area contributed by atoms with Crippen LogP contribution in [0.4, 0.5) is 0 Å². The number of amides is 1. The summed E-state index contributed by atoms with van der Waals surface area (Å²) in [6.07, 6.45) is 94.0. The molecule has 84 heavy (non-hydrogen) atoms. The second-order valence-corrected chi connectivity index (χ2v) is 26.7. The Morgan fingerprint density at radius 2 is 0.607 bits per heavy atom. The Balaban J connectivity index is 3.35. The molecule has 0 radical (unpaired) electrons. The van der Waals surface area contributed by atoms with E-state index in [0.717, 1.165) is 51.4 Å². The van der Waals surface area contributed by atoms with E-state index in [2.05, 4.69) is 43.5 Å². The van der Waals surface area contributed by atoms with Gasteiger partial charge in [0.1, 0.15) is 0 Å². The second kappa shape index (κ2) is 73.8. The summed E-state index contributed by atoms with van der Waals surface area (Å²) in [6.45, 7) is 4.96. The number of aliphatic hydroxyl groups is 2. The summed E-state index contributed by atoms with van der Waals surface area (Å²) in [6, 6.07) is -0.540. The topological polar surface area (TPSA) is 95.9 Å². The van der Waals surface area contributed by atoms with Gasteiger partial charge in [0.25, 0.3) is 0 Å². The maximum Gasteiger partial charge on any atom is 0.305 e. The molecule has 498 valence electrons. The molecular formula is C78H151NO5. The van der Waals surface area contributed by atoms with Crippen molar-refractivity contribution in [3.8, 4) is 0 Å². The molecule has 2 atom stereocenters. The number of unbranched alkanes of at least 4 members (excludes halogenated alkanes) is 58. The number of aliphatic hydroxyl groups excluding tert-OH is 2. The van der Waals surface area contributed by atoms with Crippen molar-refractivity contribution < 1.29 is 24.5 Å². The fourth-order valence-electron chi connectivity index (χ4n) is 12.4. The minimum Gasteiger partial charge on any atom is -0.466 e. The largest absolute Gasteiger partial charge is 0.466 e. The second-order valence-electron chi connectivity index (χ2n) is 26.7. The van der Waals surface area contributed by atoms with E-state index in [4.69, 9.17) is 4.74 Å². The van der Waals surface area contributed by atoms with E-state index in [9.17, 15) is 19.8 Å². The Bertz CT molecular complexity index is 1320. The highest BCUT2D eigenvalue weighted by Gasteiger charge is 2.20. The third-order valence-corrected chi connectivity index (χ3v) is 18.3. The summed E-state index contributed by atoms with van der Waals surface area (Å²) in [4.78, 5) is 24.6. The molecule has 0 aliphatic heterocycles. The number of carbonyl (C=O) groups excluding carboxylic acids is 2. The average molecular weight is 1180 g/mol. The Morgan fingerprint density at radius 1 is 0.333 bits per heavy atom. The van der Waals surface area contributed by atoms with Gasteiger partial charge in [-0.3, -0.25) is 9.59 Å². The van der Waals surface area contributed by atoms with Gasteiger partial charge in [-0.05, 0) is 51.4 Å². The van der Waals surface area contributed by atoms with Gasteiger partial charge in [-0.1, -0.05) is 398 Å². The van der Waals surface area contributed by atoms with E-state index in [-0.39, 0.29) is 18.5 Å². The molecular weight excluding hydrogens is 1030 g/mol. The normalized spacial score (nSPS) is 12.6. The number of ether oxygens (including phenoxy) is 1. The Morgan fingerprint density at radius 3 is 0.940 bits per heavy atom. The van der Waals surface area contributed by atoms with Gasteiger partial charge in [0.2, 0.25) is 5.91 Å². The van der Waals surface area contributed by atoms with Gasteiger partial charge in [-0.25, -0.2) is 0 Å². The monoisotopic (exact) mass is 1180 g/mol. The average Bonchev–Trinajstić information content (AvgIpc) is 3.51. The van der Waals surface area contributed by atoms with Crippen LogP contribution in [-0.4, -0.2) is 47.4 Å². The molecule has 0 aliphatic carbocycles. The molecule has 3 N–H and O–H groups in total. The summed E-state index contributed by atoms with van der Waals surface area (Å²) in [5, 5.41) is 23.5. The maximum atomic E-state index is 12.6. The molecule has 0 spiro atoms. The van der Waals surface area contributed by atoms with Crippen molar-refractivity contribution in [1.29, 1.82) is 0 Å². The van der Waals surface area contributed by atoms with E-state index in [0.29, 0.717) is 25.9 Å². The highest BCUT2D eigenvalue weighted by Crippen LogP contribution is 2.20. The van der Waals surface area contributed by atoms with Gasteiger partial charge >= 0.3 is 5.97 Å². The molecule has 0 fully saturated rings. The quantitative estimate of drug-likeness (QED) is 0.0320. The summed E-state index contributed by atoms with van der Waals surface area (Å²) in [7, 11) is 0. The molecule has 0 aliphatic rings. The first-order valence-corrected chi connectivity index (χ1v) is 38.6. The summed E-state index contributed by atoms with van der Waals surface area (Å²) in [5.41, 5.74) is 0. The van der Waals surface area contributed by atoms with Gasteiger partial charge in [-0.2, -0.15) is 0 Å². The lowest BCUT2D eigenvalue weighted by atomic mass is 10.0. The third kappa shape index (κ3) is 69.4. The van der Waals surface area contributed by atoms with Crippen molar-refractivity contribution >= 4 is 11.9 Å². The predicted octanol–water partition coefficient (Wildman–Crippen LogP) is 25.3. The lowest BCUT2D eigenvalue weighted by Gasteiger charge is -2.22. The number of hydrogen-bond donors (Lipinski definition) is 3. The summed E-state index contributed by atoms with van der Waals surface area (Å²) >= 11 is 0. The first-order valence-electron chi connectivity index (χ1n) is 38.6. The zero-order valence-electron chi connectivity index (χ0n) is 57.2. The Hall–Kier alpha value is -1.66. The molecule has 1 amide bonds. The highest BCUT2D eigenvalue weighted by molar-refractivity contribution is 5.76. The molecule has 6 heteroatoms. The van der Waals surface area contributed by atoms with Gasteiger partial charge < -0.3 is 20.3 Å². The number of nitrogens with one attached hydrogen (secondary N) is 1. The van der Waals surface area contributed by atoms with Crippen molar-refractivity contribution in [2.75, 3.05) is 13.2 Å². The van der Waals surface area contributed by atoms with Crippen LogP contribution in [0, 0.1) is 0 Å². The predicted molar refractivity (Wildman–Crippen MR) is 370 cm³/mol. The van der Waals surface area contributed by atoms with Crippen molar-refractivity contribution in [1.82, 2.24) is 5.32 Å². The van der Waals surface area contributed by atoms with Crippen LogP contribution >= 0.6 is 0 Å². The molecule has 0 aromatic rings. The standard InChI is InChI=1S/C78H151NO5/c1-3-5-7-9-11-13-15-17-19-20-21-22-23-31-34-37-40-43-46-50-54-58-62-66-70-76(81)75(74-80)79-77(82)71-67-63-59-55-51-47-44-41-38-35-32-29-27-25-24-26-28-30-33-36-39-42-45-49-53-57-61-65-69-73-84-78(83)72-68-64-60-56-52-48-18-16-14-12-10-8-6-4-2/h10,12,16,18,75-76,80-81H,3-9,11,13-15,17,19-74H2,1-2H3,(H,79,82)/b12-10-,18-16-. The van der Waals surface area contributed by atoms with E-state index in [1.54, 1.807) is 0 Å². The van der Waals surface area contributed by atoms with Crippen LogP contribution in [-0.2, 0) is 14.3 Å². The minimum atomic E-state index is -0.663. The molecule has 0 aromatic carbocycles. The van der Waals surface area contributed by atoms with Crippen LogP contribution in [0.2, 0.25) is 0 Å². The van der Waals surface area contributed by atoms with Crippen LogP contribution in [0.5, 0.6) is 0 Å². The molecule has 0 bridgehead atoms. The van der Waals surface area contributed by atoms with Crippen LogP contribution in [0.15, 0.2) is 24.3 Å². The molecule has 0 saturated heterocycles. The van der Waals surface area contributed by atoms with Crippen molar-refractivity contribution in [3.05, 3.63) is 24.3 Å². The summed E-state index contributed by atoms with van der Waals surface area (Å²) < 4.78 is 5.49. The fourth-order valence-corrected chi connectivity index (χ4v) is 12.4. The summed E-state index contributed by atoms with van der Waals surface area (Å²) in [5.74, 6) is -0.0201. The van der Waals surface area contributed by atoms with Crippen molar-refractivity contribution in [2.45, 2.75) is 450 Å². The number of carbonyl (C=O) groups is 2. The first kappa shape index (κ1) is 82.3. The molecule has 0 rings (SSSR count). The third-order valence-electron chi connectivity index (χ3n) is 18.3. The number of hydrogen-bond acceptors (Lipinski definition) is 5. The zero-order chi connectivity index (χ0) is 60.6. The molecule has 2 unspecified atom stereocenters. The Kier molecular flexibility index (Phi) is 72.3. The van der Waals surface area contributed by atoms with Crippen LogP contribution in [0.1, 0.15) is 438 Å². The maximum absolute atomic E-state index is 12.6. The number of rotatable bonds is 73. The number of esters is 1. The number of allylic oxidation sites excluding steroid dienone is 4. The van der Waals surface area contributed by atoms with Crippen LogP contribution < -0.4 is 5.32 Å². The molecule has 0 heterocycles. The van der Waals surface area contributed by atoms with Crippen molar-refractivity contribution in [3.63, 3.8) is 0 Å². The van der Waals surface area contributed by atoms with E-state index in [1.165, 1.54) is 353 Å². The minimum absolute atomic E-state index is 0.00576. The van der Waals surface area contributed by atoms with E-state index < -0.39 is 12.1 Å². The van der Waals surface area contributed by atoms with Gasteiger partial charge in [0.15, 0.2) is 0 Å². The highest BCUT2D eigenvalue weighted by atomic mass is 16.5. The Labute approximate surface area is 526 Å². The SMILES string of the molecule is CCCC/C=C\C/C=C\CCCCCCCC(=O)OCCCCCCCCCCCCCCCCCCCCCCCCCCCCCCCC(=O)NC(CO)C(O)CCCCCCCCCCCCCCCCCCCCCCCCCC.